The van der Waals surface area contributed by atoms with Gasteiger partial charge in [-0.25, -0.2) is 15.0 Å². The zero-order valence-electron chi connectivity index (χ0n) is 17.9. The summed E-state index contributed by atoms with van der Waals surface area (Å²) in [5.41, 5.74) is -1.18. The van der Waals surface area contributed by atoms with E-state index in [0.717, 1.165) is 0 Å². The molecule has 0 spiro atoms. The largest absolute Gasteiger partial charge is 0.395 e. The molecule has 3 aromatic rings. The topological polar surface area (TPSA) is 125 Å². The molecule has 9 heteroatoms. The Morgan fingerprint density at radius 1 is 1.10 bits per heavy atom. The molecule has 0 unspecified atom stereocenters. The third kappa shape index (κ3) is 4.92. The van der Waals surface area contributed by atoms with Crippen molar-refractivity contribution in [3.63, 3.8) is 0 Å². The van der Waals surface area contributed by atoms with Crippen LogP contribution in [0.1, 0.15) is 40.3 Å². The summed E-state index contributed by atoms with van der Waals surface area (Å²) in [6, 6.07) is 5.23. The number of anilines is 3. The first kappa shape index (κ1) is 21.7. The predicted octanol–water partition coefficient (Wildman–Crippen LogP) is 2.36. The van der Waals surface area contributed by atoms with E-state index < -0.39 is 5.60 Å². The fourth-order valence-electron chi connectivity index (χ4n) is 2.99. The fraction of sp³-hybridized carbons (Fsp3) is 0.429. The van der Waals surface area contributed by atoms with Crippen molar-refractivity contribution in [1.82, 2.24) is 19.5 Å². The standard InChI is InChI=1S/C21H28N6O3/c1-20(2,3)26-18-17-13(6-7-27(8-9-28)19(17)29)10-16(25-18)24-15-11-14(21(4,5)30)22-12-23-15/h6-7,10-12,28,30H,8-9H2,1-5H3,(H2,22,23,24,25,26). The van der Waals surface area contributed by atoms with E-state index in [-0.39, 0.29) is 24.2 Å². The molecule has 4 N–H and O–H groups in total. The molecular weight excluding hydrogens is 384 g/mol. The number of aliphatic hydroxyl groups is 2. The lowest BCUT2D eigenvalue weighted by Crippen LogP contribution is -2.29. The van der Waals surface area contributed by atoms with Gasteiger partial charge in [0.15, 0.2) is 0 Å². The summed E-state index contributed by atoms with van der Waals surface area (Å²) in [5, 5.41) is 27.0. The Morgan fingerprint density at radius 2 is 1.83 bits per heavy atom. The average molecular weight is 412 g/mol. The highest BCUT2D eigenvalue weighted by Crippen LogP contribution is 2.27. The zero-order chi connectivity index (χ0) is 22.1. The van der Waals surface area contributed by atoms with Crippen molar-refractivity contribution in [2.45, 2.75) is 52.3 Å². The van der Waals surface area contributed by atoms with Crippen LogP contribution in [-0.2, 0) is 12.1 Å². The smallest absolute Gasteiger partial charge is 0.262 e. The third-order valence-electron chi connectivity index (χ3n) is 4.34. The zero-order valence-corrected chi connectivity index (χ0v) is 17.9. The third-order valence-corrected chi connectivity index (χ3v) is 4.34. The van der Waals surface area contributed by atoms with E-state index in [1.165, 1.54) is 10.9 Å². The van der Waals surface area contributed by atoms with E-state index >= 15 is 0 Å². The summed E-state index contributed by atoms with van der Waals surface area (Å²) >= 11 is 0. The van der Waals surface area contributed by atoms with Gasteiger partial charge in [0, 0.05) is 24.3 Å². The molecule has 0 atom stereocenters. The van der Waals surface area contributed by atoms with Crippen LogP contribution in [0, 0.1) is 0 Å². The summed E-state index contributed by atoms with van der Waals surface area (Å²) in [5.74, 6) is 1.41. The van der Waals surface area contributed by atoms with Gasteiger partial charge in [-0.05, 0) is 52.1 Å². The number of pyridine rings is 2. The first-order valence-corrected chi connectivity index (χ1v) is 9.73. The number of hydrogen-bond acceptors (Lipinski definition) is 8. The van der Waals surface area contributed by atoms with Gasteiger partial charge in [0.1, 0.15) is 29.4 Å². The maximum atomic E-state index is 13.0. The molecule has 0 aliphatic rings. The van der Waals surface area contributed by atoms with Crippen molar-refractivity contribution in [2.75, 3.05) is 17.2 Å². The molecule has 160 valence electrons. The lowest BCUT2D eigenvalue weighted by atomic mass is 10.1. The Balaban J connectivity index is 2.11. The van der Waals surface area contributed by atoms with E-state index in [1.54, 1.807) is 32.2 Å². The molecule has 0 bridgehead atoms. The monoisotopic (exact) mass is 412 g/mol. The van der Waals surface area contributed by atoms with Crippen molar-refractivity contribution in [3.8, 4) is 0 Å². The minimum absolute atomic E-state index is 0.127. The van der Waals surface area contributed by atoms with Crippen molar-refractivity contribution >= 4 is 28.2 Å². The second-order valence-corrected chi connectivity index (χ2v) is 8.71. The summed E-state index contributed by atoms with van der Waals surface area (Å²) in [6.45, 7) is 9.33. The molecule has 0 aromatic carbocycles. The van der Waals surface area contributed by atoms with Gasteiger partial charge in [0.2, 0.25) is 0 Å². The van der Waals surface area contributed by atoms with Gasteiger partial charge in [-0.15, -0.1) is 0 Å². The van der Waals surface area contributed by atoms with Gasteiger partial charge in [-0.2, -0.15) is 0 Å². The summed E-state index contributed by atoms with van der Waals surface area (Å²) in [6.07, 6.45) is 3.03. The fourth-order valence-corrected chi connectivity index (χ4v) is 2.99. The molecule has 0 fully saturated rings. The first-order valence-electron chi connectivity index (χ1n) is 9.73. The molecule has 9 nitrogen and oxygen atoms in total. The second kappa shape index (κ2) is 8.00. The van der Waals surface area contributed by atoms with Crippen LogP contribution >= 0.6 is 0 Å². The van der Waals surface area contributed by atoms with Crippen molar-refractivity contribution in [2.24, 2.45) is 0 Å². The summed E-state index contributed by atoms with van der Waals surface area (Å²) in [7, 11) is 0. The quantitative estimate of drug-likeness (QED) is 0.486. The molecule has 0 aliphatic carbocycles. The van der Waals surface area contributed by atoms with E-state index in [0.29, 0.717) is 33.9 Å². The Bertz CT molecular complexity index is 1110. The molecule has 3 heterocycles. The number of nitrogens with zero attached hydrogens (tertiary/aromatic N) is 4. The summed E-state index contributed by atoms with van der Waals surface area (Å²) in [4.78, 5) is 25.9. The normalized spacial score (nSPS) is 12.2. The molecule has 0 saturated carbocycles. The van der Waals surface area contributed by atoms with E-state index in [4.69, 9.17) is 0 Å². The lowest BCUT2D eigenvalue weighted by molar-refractivity contribution is 0.0737. The van der Waals surface area contributed by atoms with Crippen LogP contribution in [0.5, 0.6) is 0 Å². The van der Waals surface area contributed by atoms with Crippen LogP contribution in [-0.4, -0.2) is 41.9 Å². The molecule has 3 aromatic heterocycles. The van der Waals surface area contributed by atoms with E-state index in [2.05, 4.69) is 25.6 Å². The average Bonchev–Trinajstić information content (AvgIpc) is 2.62. The van der Waals surface area contributed by atoms with Gasteiger partial charge in [0.05, 0.1) is 17.7 Å². The number of rotatable bonds is 6. The number of nitrogens with one attached hydrogen (secondary N) is 2. The number of fused-ring (bicyclic) bond motifs is 1. The van der Waals surface area contributed by atoms with Gasteiger partial charge in [-0.3, -0.25) is 4.79 Å². The van der Waals surface area contributed by atoms with Gasteiger partial charge in [-0.1, -0.05) is 0 Å². The molecule has 0 saturated heterocycles. The molecule has 0 aliphatic heterocycles. The first-order chi connectivity index (χ1) is 14.0. The van der Waals surface area contributed by atoms with Crippen molar-refractivity contribution < 1.29 is 10.2 Å². The predicted molar refractivity (Wildman–Crippen MR) is 117 cm³/mol. The van der Waals surface area contributed by atoms with Crippen LogP contribution in [0.4, 0.5) is 17.5 Å². The number of hydrogen-bond donors (Lipinski definition) is 4. The van der Waals surface area contributed by atoms with Crippen LogP contribution in [0.2, 0.25) is 0 Å². The minimum atomic E-state index is -1.10. The van der Waals surface area contributed by atoms with Crippen LogP contribution in [0.15, 0.2) is 35.5 Å². The van der Waals surface area contributed by atoms with Crippen LogP contribution in [0.3, 0.4) is 0 Å². The SMILES string of the molecule is CC(C)(C)Nc1nc(Nc2cc(C(C)(C)O)ncn2)cc2ccn(CCO)c(=O)c12. The Kier molecular flexibility index (Phi) is 5.78. The van der Waals surface area contributed by atoms with Crippen molar-refractivity contribution in [1.29, 1.82) is 0 Å². The van der Waals surface area contributed by atoms with Crippen LogP contribution in [0.25, 0.3) is 10.8 Å². The van der Waals surface area contributed by atoms with E-state index in [1.807, 2.05) is 26.8 Å². The highest BCUT2D eigenvalue weighted by molar-refractivity contribution is 5.93. The highest BCUT2D eigenvalue weighted by atomic mass is 16.3. The number of aliphatic hydroxyl groups excluding tert-OH is 1. The minimum Gasteiger partial charge on any atom is -0.395 e. The molecule has 0 amide bonds. The highest BCUT2D eigenvalue weighted by Gasteiger charge is 2.20. The molecule has 30 heavy (non-hydrogen) atoms. The van der Waals surface area contributed by atoms with Gasteiger partial charge in [0.25, 0.3) is 5.56 Å². The molecule has 0 radical (unpaired) electrons. The Morgan fingerprint density at radius 3 is 2.47 bits per heavy atom. The molecular formula is C21H28N6O3. The van der Waals surface area contributed by atoms with E-state index in [9.17, 15) is 15.0 Å². The molecule has 3 rings (SSSR count). The summed E-state index contributed by atoms with van der Waals surface area (Å²) < 4.78 is 1.46. The Labute approximate surface area is 174 Å². The van der Waals surface area contributed by atoms with Crippen LogP contribution < -0.4 is 16.2 Å². The van der Waals surface area contributed by atoms with Gasteiger partial charge >= 0.3 is 0 Å². The second-order valence-electron chi connectivity index (χ2n) is 8.71. The van der Waals surface area contributed by atoms with Gasteiger partial charge < -0.3 is 25.4 Å². The lowest BCUT2D eigenvalue weighted by Gasteiger charge is -2.23. The maximum Gasteiger partial charge on any atom is 0.262 e. The Hall–Kier alpha value is -3.04. The maximum absolute atomic E-state index is 13.0. The number of aromatic nitrogens is 4. The van der Waals surface area contributed by atoms with Crippen molar-refractivity contribution in [3.05, 3.63) is 46.8 Å².